The van der Waals surface area contributed by atoms with Crippen molar-refractivity contribution in [2.75, 3.05) is 19.1 Å². The number of anilines is 1. The van der Waals surface area contributed by atoms with Crippen LogP contribution in [0, 0.1) is 5.82 Å². The lowest BCUT2D eigenvalue weighted by molar-refractivity contribution is 0.0227. The molecule has 0 saturated carbocycles. The molecule has 0 heterocycles. The number of rotatable bonds is 4. The van der Waals surface area contributed by atoms with Gasteiger partial charge in [-0.25, -0.2) is 4.39 Å². The molecule has 2 N–H and O–H groups in total. The van der Waals surface area contributed by atoms with Crippen LogP contribution in [-0.4, -0.2) is 13.4 Å². The number of benzene rings is 1. The summed E-state index contributed by atoms with van der Waals surface area (Å²) in [6.07, 6.45) is 0. The molecule has 0 fully saturated rings. The summed E-state index contributed by atoms with van der Waals surface area (Å²) in [5.41, 5.74) is 5.93. The maximum absolute atomic E-state index is 12.7. The second-order valence-electron chi connectivity index (χ2n) is 2.44. The first-order valence-electron chi connectivity index (χ1n) is 3.99. The summed E-state index contributed by atoms with van der Waals surface area (Å²) < 4.78 is 22.7. The van der Waals surface area contributed by atoms with Gasteiger partial charge in [0.1, 0.15) is 11.6 Å². The molecule has 0 atom stereocenters. The second-order valence-corrected chi connectivity index (χ2v) is 2.44. The van der Waals surface area contributed by atoms with Gasteiger partial charge in [-0.1, -0.05) is 0 Å². The van der Waals surface area contributed by atoms with Gasteiger partial charge in [-0.05, 0) is 19.1 Å². The highest BCUT2D eigenvalue weighted by Gasteiger charge is 2.01. The van der Waals surface area contributed by atoms with E-state index in [0.29, 0.717) is 18.0 Å². The van der Waals surface area contributed by atoms with Crippen molar-refractivity contribution in [1.82, 2.24) is 0 Å². The lowest BCUT2D eigenvalue weighted by Crippen LogP contribution is -2.04. The monoisotopic (exact) mass is 185 g/mol. The highest BCUT2D eigenvalue weighted by molar-refractivity contribution is 5.52. The van der Waals surface area contributed by atoms with Crippen molar-refractivity contribution >= 4 is 5.69 Å². The molecule has 0 aromatic heterocycles. The Morgan fingerprint density at radius 3 is 2.92 bits per heavy atom. The molecule has 1 rings (SSSR count). The molecule has 0 aliphatic rings. The molecule has 0 amide bonds. The van der Waals surface area contributed by atoms with E-state index < -0.39 is 0 Å². The molecule has 0 radical (unpaired) electrons. The van der Waals surface area contributed by atoms with Gasteiger partial charge in [0.05, 0.1) is 5.69 Å². The first-order valence-corrected chi connectivity index (χ1v) is 3.99. The van der Waals surface area contributed by atoms with Crippen LogP contribution in [0.25, 0.3) is 0 Å². The van der Waals surface area contributed by atoms with Gasteiger partial charge in [0.2, 0.25) is 0 Å². The third-order valence-electron chi connectivity index (χ3n) is 1.48. The zero-order valence-electron chi connectivity index (χ0n) is 7.42. The van der Waals surface area contributed by atoms with Crippen LogP contribution in [0.2, 0.25) is 0 Å². The molecule has 1 aromatic rings. The van der Waals surface area contributed by atoms with Crippen LogP contribution in [0.4, 0.5) is 10.1 Å². The van der Waals surface area contributed by atoms with Crippen LogP contribution in [-0.2, 0) is 4.74 Å². The largest absolute Gasteiger partial charge is 0.465 e. The van der Waals surface area contributed by atoms with Crippen LogP contribution in [0.15, 0.2) is 18.2 Å². The summed E-state index contributed by atoms with van der Waals surface area (Å²) in [4.78, 5) is 0. The van der Waals surface area contributed by atoms with E-state index in [2.05, 4.69) is 0 Å². The van der Waals surface area contributed by atoms with Gasteiger partial charge in [-0.3, -0.25) is 0 Å². The average molecular weight is 185 g/mol. The Morgan fingerprint density at radius 2 is 2.23 bits per heavy atom. The zero-order valence-corrected chi connectivity index (χ0v) is 7.42. The number of nitrogens with two attached hydrogens (primary N) is 1. The van der Waals surface area contributed by atoms with Gasteiger partial charge in [-0.2, -0.15) is 0 Å². The molecule has 13 heavy (non-hydrogen) atoms. The van der Waals surface area contributed by atoms with E-state index in [4.69, 9.17) is 15.2 Å². The van der Waals surface area contributed by atoms with Crippen molar-refractivity contribution in [3.63, 3.8) is 0 Å². The normalized spacial score (nSPS) is 10.0. The summed E-state index contributed by atoms with van der Waals surface area (Å²) >= 11 is 0. The molecule has 0 unspecified atom stereocenters. The molecule has 1 aromatic carbocycles. The first kappa shape index (κ1) is 9.80. The lowest BCUT2D eigenvalue weighted by Gasteiger charge is -2.07. The highest BCUT2D eigenvalue weighted by atomic mass is 19.1. The summed E-state index contributed by atoms with van der Waals surface area (Å²) in [7, 11) is 0. The van der Waals surface area contributed by atoms with E-state index in [1.807, 2.05) is 6.92 Å². The molecule has 3 nitrogen and oxygen atoms in total. The molecular formula is C9H12FNO2. The maximum Gasteiger partial charge on any atom is 0.189 e. The average Bonchev–Trinajstić information content (AvgIpc) is 2.11. The topological polar surface area (TPSA) is 44.5 Å². The van der Waals surface area contributed by atoms with Crippen molar-refractivity contribution in [2.45, 2.75) is 6.92 Å². The van der Waals surface area contributed by atoms with E-state index in [9.17, 15) is 4.39 Å². The standard InChI is InChI=1S/C9H12FNO2/c1-2-12-6-13-9-5-7(10)3-4-8(9)11/h3-5H,2,6,11H2,1H3. The number of nitrogen functional groups attached to an aromatic ring is 1. The molecule has 0 spiro atoms. The van der Waals surface area contributed by atoms with E-state index in [1.54, 1.807) is 0 Å². The van der Waals surface area contributed by atoms with E-state index in [1.165, 1.54) is 18.2 Å². The molecule has 0 bridgehead atoms. The van der Waals surface area contributed by atoms with Gasteiger partial charge in [0, 0.05) is 12.7 Å². The minimum absolute atomic E-state index is 0.0875. The molecule has 4 heteroatoms. The smallest absolute Gasteiger partial charge is 0.189 e. The fourth-order valence-corrected chi connectivity index (χ4v) is 0.822. The summed E-state index contributed by atoms with van der Waals surface area (Å²) in [6.45, 7) is 2.48. The highest BCUT2D eigenvalue weighted by Crippen LogP contribution is 2.21. The van der Waals surface area contributed by atoms with Gasteiger partial charge in [0.15, 0.2) is 6.79 Å². The Balaban J connectivity index is 2.59. The number of ether oxygens (including phenoxy) is 2. The van der Waals surface area contributed by atoms with Crippen molar-refractivity contribution in [3.8, 4) is 5.75 Å². The van der Waals surface area contributed by atoms with Gasteiger partial charge < -0.3 is 15.2 Å². The van der Waals surface area contributed by atoms with Crippen LogP contribution < -0.4 is 10.5 Å². The van der Waals surface area contributed by atoms with Crippen LogP contribution in [0.5, 0.6) is 5.75 Å². The number of halogens is 1. The number of hydrogen-bond donors (Lipinski definition) is 1. The van der Waals surface area contributed by atoms with Crippen LogP contribution in [0.1, 0.15) is 6.92 Å². The van der Waals surface area contributed by atoms with Crippen molar-refractivity contribution in [1.29, 1.82) is 0 Å². The molecule has 0 saturated heterocycles. The van der Waals surface area contributed by atoms with Crippen LogP contribution in [0.3, 0.4) is 0 Å². The molecule has 0 aliphatic carbocycles. The Labute approximate surface area is 76.3 Å². The van der Waals surface area contributed by atoms with Crippen LogP contribution >= 0.6 is 0 Å². The first-order chi connectivity index (χ1) is 6.24. The fraction of sp³-hybridized carbons (Fsp3) is 0.333. The van der Waals surface area contributed by atoms with Crippen molar-refractivity contribution < 1.29 is 13.9 Å². The lowest BCUT2D eigenvalue weighted by atomic mass is 10.3. The molecular weight excluding hydrogens is 173 g/mol. The quantitative estimate of drug-likeness (QED) is 0.441. The maximum atomic E-state index is 12.7. The zero-order chi connectivity index (χ0) is 9.68. The third-order valence-corrected chi connectivity index (χ3v) is 1.48. The van der Waals surface area contributed by atoms with E-state index >= 15 is 0 Å². The number of hydrogen-bond acceptors (Lipinski definition) is 3. The Hall–Kier alpha value is -1.29. The Bertz CT molecular complexity index is 278. The van der Waals surface area contributed by atoms with Crippen molar-refractivity contribution in [3.05, 3.63) is 24.0 Å². The van der Waals surface area contributed by atoms with Gasteiger partial charge >= 0.3 is 0 Å². The molecule has 0 aliphatic heterocycles. The predicted molar refractivity (Wildman–Crippen MR) is 47.9 cm³/mol. The summed E-state index contributed by atoms with van der Waals surface area (Å²) in [6, 6.07) is 3.97. The van der Waals surface area contributed by atoms with E-state index in [-0.39, 0.29) is 12.6 Å². The fourth-order valence-electron chi connectivity index (χ4n) is 0.822. The molecule has 72 valence electrons. The Morgan fingerprint density at radius 1 is 1.46 bits per heavy atom. The second kappa shape index (κ2) is 4.67. The van der Waals surface area contributed by atoms with Crippen molar-refractivity contribution in [2.24, 2.45) is 0 Å². The SMILES string of the molecule is CCOCOc1cc(F)ccc1N. The van der Waals surface area contributed by atoms with E-state index in [0.717, 1.165) is 0 Å². The van der Waals surface area contributed by atoms with Gasteiger partial charge in [0.25, 0.3) is 0 Å². The minimum Gasteiger partial charge on any atom is -0.465 e. The Kier molecular flexibility index (Phi) is 3.52. The summed E-state index contributed by atoms with van der Waals surface area (Å²) in [5, 5.41) is 0. The van der Waals surface area contributed by atoms with Gasteiger partial charge in [-0.15, -0.1) is 0 Å². The third kappa shape index (κ3) is 2.91. The summed E-state index contributed by atoms with van der Waals surface area (Å²) in [5.74, 6) is -0.0610. The minimum atomic E-state index is -0.374. The predicted octanol–water partition coefficient (Wildman–Crippen LogP) is 1.78.